The van der Waals surface area contributed by atoms with Crippen LogP contribution in [-0.4, -0.2) is 268 Å². The number of rotatable bonds is 54. The van der Waals surface area contributed by atoms with Gasteiger partial charge in [-0.25, -0.2) is 28.8 Å². The zero-order valence-electron chi connectivity index (χ0n) is 81.4. The van der Waals surface area contributed by atoms with Crippen molar-refractivity contribution in [2.75, 3.05) is 138 Å². The highest BCUT2D eigenvalue weighted by molar-refractivity contribution is 6.05. The molecule has 0 aliphatic carbocycles. The van der Waals surface area contributed by atoms with Crippen molar-refractivity contribution in [1.29, 1.82) is 0 Å². The molecule has 0 radical (unpaired) electrons. The fourth-order valence-electron chi connectivity index (χ4n) is 14.7. The summed E-state index contributed by atoms with van der Waals surface area (Å²) in [5.41, 5.74) is 1.25. The van der Waals surface area contributed by atoms with E-state index in [1.165, 1.54) is 159 Å². The maximum atomic E-state index is 12.0. The van der Waals surface area contributed by atoms with Crippen molar-refractivity contribution in [3.8, 4) is 0 Å². The Hall–Kier alpha value is -7.26. The molecule has 0 atom stereocenters. The number of carbonyl (C=O) groups excluding carboxylic acids is 12. The normalized spacial score (nSPS) is 16.2. The van der Waals surface area contributed by atoms with E-state index in [1.807, 2.05) is 41.5 Å². The average Bonchev–Trinajstić information content (AvgIpc) is 1.81. The van der Waals surface area contributed by atoms with Gasteiger partial charge in [0.05, 0.1) is 0 Å². The van der Waals surface area contributed by atoms with Crippen LogP contribution in [0.1, 0.15) is 338 Å². The number of hydrogen-bond acceptors (Lipinski definition) is 15. The summed E-state index contributed by atoms with van der Waals surface area (Å²) in [6, 6.07) is -1.10. The van der Waals surface area contributed by atoms with Gasteiger partial charge >= 0.3 is 36.2 Å². The Morgan fingerprint density at radius 2 is 0.480 bits per heavy atom. The number of hydrogen-bond donors (Lipinski definition) is 0. The molecule has 6 fully saturated rings. The zero-order valence-corrected chi connectivity index (χ0v) is 81.4. The summed E-state index contributed by atoms with van der Waals surface area (Å²) >= 11 is 0. The lowest BCUT2D eigenvalue weighted by atomic mass is 9.82. The molecule has 0 aromatic heterocycles. The number of ether oxygens (including phenoxy) is 3. The maximum absolute atomic E-state index is 12.0. The number of unbranched alkanes of at least 4 members (excludes halogenated alkanes) is 12. The second-order valence-corrected chi connectivity index (χ2v) is 39.6. The van der Waals surface area contributed by atoms with Gasteiger partial charge in [-0.15, -0.1) is 0 Å². The van der Waals surface area contributed by atoms with E-state index in [9.17, 15) is 57.5 Å². The van der Waals surface area contributed by atoms with E-state index >= 15 is 0 Å². The molecule has 6 saturated heterocycles. The molecule has 0 spiro atoms. The van der Waals surface area contributed by atoms with Gasteiger partial charge in [0, 0.05) is 117 Å². The molecule has 0 N–H and O–H groups in total. The van der Waals surface area contributed by atoms with Crippen molar-refractivity contribution in [2.24, 2.45) is 32.5 Å². The number of amides is 18. The van der Waals surface area contributed by atoms with Gasteiger partial charge in [-0.1, -0.05) is 221 Å². The summed E-state index contributed by atoms with van der Waals surface area (Å²) in [5.74, 6) is -0.548. The van der Waals surface area contributed by atoms with Crippen molar-refractivity contribution in [3.63, 3.8) is 0 Å². The monoisotopic (exact) mass is 1740 g/mol. The number of imide groups is 6. The Labute approximate surface area is 745 Å². The van der Waals surface area contributed by atoms with Crippen LogP contribution in [0.15, 0.2) is 38.3 Å². The van der Waals surface area contributed by atoms with Crippen LogP contribution in [0.5, 0.6) is 0 Å². The SMILES string of the molecule is C=CN1CC(=O)N(CC(C)(C)C)C1=O.C=CN1CC(=O)N(CCC(C)(C)C)C1=O.C=CN1CC(=O)N(CCCC(C)(C)C)C1=O.CCCCCOCCCCC(C)(C)CCCCN1C(=O)CN(CC)C1=O.CCCCCOCCCCC(C)(C)CCCCN1C(=O)CN(CC)C1=O.CCCCCOCCCCC(C)(C)CCCCN1C(=O)CN(CC)C1=O. The minimum atomic E-state index is -0.264. The van der Waals surface area contributed by atoms with Crippen molar-refractivity contribution in [1.82, 2.24) is 58.8 Å². The molecular weight excluding hydrogens is 1560 g/mol. The molecule has 0 bridgehead atoms. The summed E-state index contributed by atoms with van der Waals surface area (Å²) in [5, 5.41) is 0. The van der Waals surface area contributed by atoms with Crippen molar-refractivity contribution in [3.05, 3.63) is 38.3 Å². The van der Waals surface area contributed by atoms with Gasteiger partial charge in [-0.3, -0.25) is 72.9 Å². The molecule has 708 valence electrons. The Morgan fingerprint density at radius 3 is 0.715 bits per heavy atom. The van der Waals surface area contributed by atoms with E-state index in [4.69, 9.17) is 14.2 Å². The first-order chi connectivity index (χ1) is 57.8. The summed E-state index contributed by atoms with van der Waals surface area (Å²) < 4.78 is 17.0. The summed E-state index contributed by atoms with van der Waals surface area (Å²) in [6.07, 6.45) is 37.9. The minimum absolute atomic E-state index is 0.0463. The van der Waals surface area contributed by atoms with Crippen LogP contribution in [0.3, 0.4) is 0 Å². The molecule has 123 heavy (non-hydrogen) atoms. The molecule has 0 saturated carbocycles. The van der Waals surface area contributed by atoms with Crippen LogP contribution < -0.4 is 0 Å². The lowest BCUT2D eigenvalue weighted by Gasteiger charge is -2.25. The second-order valence-electron chi connectivity index (χ2n) is 39.6. The third-order valence-electron chi connectivity index (χ3n) is 22.8. The molecular formula is C96H174N12O15. The molecule has 27 heteroatoms. The van der Waals surface area contributed by atoms with Gasteiger partial charge in [0.1, 0.15) is 39.3 Å². The second kappa shape index (κ2) is 59.7. The van der Waals surface area contributed by atoms with Crippen LogP contribution in [0.2, 0.25) is 0 Å². The Balaban J connectivity index is 0.000000751. The van der Waals surface area contributed by atoms with Crippen LogP contribution in [0.25, 0.3) is 0 Å². The van der Waals surface area contributed by atoms with Gasteiger partial charge in [0.15, 0.2) is 0 Å². The zero-order chi connectivity index (χ0) is 93.2. The Kier molecular flexibility index (Phi) is 55.2. The number of urea groups is 6. The van der Waals surface area contributed by atoms with E-state index < -0.39 is 0 Å². The summed E-state index contributed by atoms with van der Waals surface area (Å²) in [4.78, 5) is 158. The number of carbonyl (C=O) groups is 12. The van der Waals surface area contributed by atoms with Gasteiger partial charge in [-0.05, 0) is 169 Å². The summed E-state index contributed by atoms with van der Waals surface area (Å²) in [6.45, 7) is 66.9. The maximum Gasteiger partial charge on any atom is 0.331 e. The van der Waals surface area contributed by atoms with Crippen LogP contribution in [-0.2, 0) is 43.0 Å². The van der Waals surface area contributed by atoms with E-state index in [2.05, 4.69) is 124 Å². The third kappa shape index (κ3) is 47.2. The van der Waals surface area contributed by atoms with Crippen molar-refractivity contribution >= 4 is 71.6 Å². The molecule has 6 heterocycles. The number of likely N-dealkylation sites (N-methyl/N-ethyl adjacent to an activating group) is 3. The van der Waals surface area contributed by atoms with Gasteiger partial charge < -0.3 is 28.9 Å². The third-order valence-corrected chi connectivity index (χ3v) is 22.8. The molecule has 0 aromatic rings. The molecule has 0 aromatic carbocycles. The van der Waals surface area contributed by atoms with E-state index in [0.29, 0.717) is 75.1 Å². The van der Waals surface area contributed by atoms with E-state index in [1.54, 1.807) is 14.7 Å². The Morgan fingerprint density at radius 1 is 0.252 bits per heavy atom. The first kappa shape index (κ1) is 114. The standard InChI is InChI=1S/3C21H40N2O3.C12H20N2O2.C11H18N2O2.C10H16N2O2/c3*1-5-7-11-16-26-17-12-9-14-21(3,4)13-8-10-15-23-19(24)18-22(6-2)20(23)25;1-5-13-9-10(15)14(11(13)16)8-6-7-12(2,3)4;1-5-12-8-9(14)13(10(12)15)7-6-11(2,3)4;1-5-11-6-8(13)12(9(11)14)7-10(2,3)4/h3*5-18H2,1-4H3;5H,1,6-9H2,2-4H3;5H,1,6-8H2,2-4H3;5H,1,6-7H2,2-4H3. The highest BCUT2D eigenvalue weighted by Crippen LogP contribution is 2.34. The van der Waals surface area contributed by atoms with Crippen molar-refractivity contribution < 1.29 is 71.7 Å². The van der Waals surface area contributed by atoms with Gasteiger partial charge in [0.25, 0.3) is 17.7 Å². The minimum Gasteiger partial charge on any atom is -0.381 e. The highest BCUT2D eigenvalue weighted by atomic mass is 16.5. The largest absolute Gasteiger partial charge is 0.381 e. The molecule has 6 aliphatic rings. The Bertz CT molecular complexity index is 3030. The van der Waals surface area contributed by atoms with Crippen LogP contribution in [0, 0.1) is 32.5 Å². The number of nitrogens with zero attached hydrogens (tertiary/aromatic N) is 12. The van der Waals surface area contributed by atoms with E-state index in [-0.39, 0.29) is 127 Å². The predicted octanol–water partition coefficient (Wildman–Crippen LogP) is 20.0. The quantitative estimate of drug-likeness (QED) is 0.0404. The van der Waals surface area contributed by atoms with Crippen molar-refractivity contribution in [2.45, 2.75) is 338 Å². The van der Waals surface area contributed by atoms with Crippen LogP contribution in [0.4, 0.5) is 28.8 Å². The predicted molar refractivity (Wildman–Crippen MR) is 493 cm³/mol. The highest BCUT2D eigenvalue weighted by Gasteiger charge is 2.40. The first-order valence-electron chi connectivity index (χ1n) is 47.0. The first-order valence-corrected chi connectivity index (χ1v) is 47.0. The average molecular weight is 1740 g/mol. The molecule has 18 amide bonds. The molecule has 6 rings (SSSR count). The topological polar surface area (TPSA) is 271 Å². The lowest BCUT2D eigenvalue weighted by Crippen LogP contribution is -2.37. The molecule has 6 aliphatic heterocycles. The van der Waals surface area contributed by atoms with Gasteiger partial charge in [0.2, 0.25) is 17.7 Å². The molecule has 0 unspecified atom stereocenters. The lowest BCUT2D eigenvalue weighted by molar-refractivity contribution is -0.126. The summed E-state index contributed by atoms with van der Waals surface area (Å²) in [7, 11) is 0. The van der Waals surface area contributed by atoms with Gasteiger partial charge in [-0.2, -0.15) is 0 Å². The smallest absolute Gasteiger partial charge is 0.331 e. The fraction of sp³-hybridized carbons (Fsp3) is 0.812. The fourth-order valence-corrected chi connectivity index (χ4v) is 14.7. The van der Waals surface area contributed by atoms with E-state index in [0.717, 1.165) is 136 Å². The van der Waals surface area contributed by atoms with Crippen LogP contribution >= 0.6 is 0 Å². The molecule has 27 nitrogen and oxygen atoms in total.